The molecule has 1 aromatic carbocycles. The average Bonchev–Trinajstić information content (AvgIpc) is 2.87. The summed E-state index contributed by atoms with van der Waals surface area (Å²) < 4.78 is 2.09. The second kappa shape index (κ2) is 5.84. The van der Waals surface area contributed by atoms with E-state index in [1.807, 2.05) is 18.2 Å². The number of hydrogen-bond donors (Lipinski definition) is 1. The normalized spacial score (nSPS) is 19.7. The molecule has 8 nitrogen and oxygen atoms in total. The summed E-state index contributed by atoms with van der Waals surface area (Å²) in [5, 5.41) is 12.9. The van der Waals surface area contributed by atoms with Crippen LogP contribution in [-0.4, -0.2) is 70.9 Å². The van der Waals surface area contributed by atoms with Crippen molar-refractivity contribution in [2.24, 2.45) is 5.41 Å². The number of rotatable bonds is 1. The van der Waals surface area contributed by atoms with Crippen LogP contribution in [0.4, 0.5) is 10.7 Å². The Bertz CT molecular complexity index is 912. The second-order valence-electron chi connectivity index (χ2n) is 8.02. The minimum Gasteiger partial charge on any atom is -0.339 e. The molecule has 142 valence electrons. The predicted molar refractivity (Wildman–Crippen MR) is 102 cm³/mol. The highest BCUT2D eigenvalue weighted by Gasteiger charge is 2.49. The fourth-order valence-corrected chi connectivity index (χ4v) is 4.41. The number of nitrogens with one attached hydrogen (secondary N) is 1. The molecule has 2 fully saturated rings. The van der Waals surface area contributed by atoms with E-state index in [0.717, 1.165) is 49.2 Å². The second-order valence-corrected chi connectivity index (χ2v) is 8.45. The molecule has 2 aromatic rings. The molecule has 0 radical (unpaired) electrons. The van der Waals surface area contributed by atoms with Gasteiger partial charge in [-0.3, -0.25) is 4.57 Å². The average molecular weight is 388 g/mol. The zero-order valence-electron chi connectivity index (χ0n) is 15.4. The zero-order valence-corrected chi connectivity index (χ0v) is 16.2. The van der Waals surface area contributed by atoms with Crippen LogP contribution in [0.2, 0.25) is 5.02 Å². The van der Waals surface area contributed by atoms with Crippen LogP contribution in [0.25, 0.3) is 5.69 Å². The molecule has 1 N–H and O–H groups in total. The lowest BCUT2D eigenvalue weighted by Gasteiger charge is -2.56. The summed E-state index contributed by atoms with van der Waals surface area (Å²) in [6.07, 6.45) is 0. The molecule has 3 aliphatic rings. The van der Waals surface area contributed by atoms with Gasteiger partial charge in [-0.25, -0.2) is 4.79 Å². The minimum absolute atomic E-state index is 0.0534. The Labute approximate surface area is 162 Å². The van der Waals surface area contributed by atoms with E-state index in [0.29, 0.717) is 23.5 Å². The number of anilines is 1. The number of amides is 2. The number of halogens is 1. The zero-order chi connectivity index (χ0) is 18.8. The molecule has 0 unspecified atom stereocenters. The van der Waals surface area contributed by atoms with Gasteiger partial charge in [-0.05, 0) is 23.8 Å². The van der Waals surface area contributed by atoms with Crippen molar-refractivity contribution >= 4 is 23.6 Å². The molecule has 0 atom stereocenters. The number of hydrogen-bond acceptors (Lipinski definition) is 5. The third kappa shape index (κ3) is 2.58. The van der Waals surface area contributed by atoms with E-state index >= 15 is 0 Å². The smallest absolute Gasteiger partial charge is 0.320 e. The first kappa shape index (κ1) is 16.8. The maximum atomic E-state index is 12.6. The van der Waals surface area contributed by atoms with Crippen molar-refractivity contribution in [1.29, 1.82) is 0 Å². The van der Waals surface area contributed by atoms with Crippen molar-refractivity contribution in [3.05, 3.63) is 34.6 Å². The molecular weight excluding hydrogens is 366 g/mol. The van der Waals surface area contributed by atoms with Gasteiger partial charge in [0.05, 0.1) is 18.8 Å². The van der Waals surface area contributed by atoms with Crippen molar-refractivity contribution in [2.45, 2.75) is 13.1 Å². The molecule has 4 heterocycles. The topological polar surface area (TPSA) is 69.5 Å². The van der Waals surface area contributed by atoms with Gasteiger partial charge in [-0.15, -0.1) is 10.2 Å². The van der Waals surface area contributed by atoms with Gasteiger partial charge in [0.2, 0.25) is 5.95 Å². The Hall–Kier alpha value is -2.32. The summed E-state index contributed by atoms with van der Waals surface area (Å²) in [5.41, 5.74) is 2.39. The van der Waals surface area contributed by atoms with E-state index in [4.69, 9.17) is 11.6 Å². The van der Waals surface area contributed by atoms with Gasteiger partial charge in [0.1, 0.15) is 0 Å². The molecule has 2 amide bonds. The van der Waals surface area contributed by atoms with E-state index in [2.05, 4.69) is 25.0 Å². The molecular formula is C18H22ClN7O. The SMILES string of the molecule is CN(C)C(=O)N1Cc2cc(Cl)ccc2-n2c(nnc2N2CC3(CNC3)C2)C1. The predicted octanol–water partition coefficient (Wildman–Crippen LogP) is 1.33. The van der Waals surface area contributed by atoms with Crippen molar-refractivity contribution in [1.82, 2.24) is 29.9 Å². The van der Waals surface area contributed by atoms with Crippen molar-refractivity contribution < 1.29 is 4.79 Å². The van der Waals surface area contributed by atoms with Crippen LogP contribution in [0.15, 0.2) is 18.2 Å². The number of carbonyl (C=O) groups is 1. The number of fused-ring (bicyclic) bond motifs is 3. The molecule has 9 heteroatoms. The molecule has 0 aliphatic carbocycles. The number of carbonyl (C=O) groups excluding carboxylic acids is 1. The molecule has 5 rings (SSSR count). The number of nitrogens with zero attached hydrogens (tertiary/aromatic N) is 6. The lowest BCUT2D eigenvalue weighted by Crippen LogP contribution is -2.71. The van der Waals surface area contributed by atoms with Gasteiger partial charge >= 0.3 is 6.03 Å². The molecule has 1 aromatic heterocycles. The monoisotopic (exact) mass is 387 g/mol. The largest absolute Gasteiger partial charge is 0.339 e. The fourth-order valence-electron chi connectivity index (χ4n) is 4.22. The molecule has 27 heavy (non-hydrogen) atoms. The van der Waals surface area contributed by atoms with Gasteiger partial charge in [-0.2, -0.15) is 0 Å². The van der Waals surface area contributed by atoms with Crippen LogP contribution >= 0.6 is 11.6 Å². The number of urea groups is 1. The molecule has 0 bridgehead atoms. The first-order valence-electron chi connectivity index (χ1n) is 9.11. The summed E-state index contributed by atoms with van der Waals surface area (Å²) in [7, 11) is 3.52. The quantitative estimate of drug-likeness (QED) is 0.799. The van der Waals surface area contributed by atoms with E-state index in [-0.39, 0.29) is 6.03 Å². The van der Waals surface area contributed by atoms with E-state index < -0.39 is 0 Å². The Kier molecular flexibility index (Phi) is 3.64. The lowest BCUT2D eigenvalue weighted by molar-refractivity contribution is 0.119. The van der Waals surface area contributed by atoms with Crippen molar-refractivity contribution in [3.63, 3.8) is 0 Å². The van der Waals surface area contributed by atoms with E-state index in [9.17, 15) is 4.79 Å². The van der Waals surface area contributed by atoms with Gasteiger partial charge in [0, 0.05) is 50.7 Å². The van der Waals surface area contributed by atoms with E-state index in [1.165, 1.54) is 0 Å². The van der Waals surface area contributed by atoms with E-state index in [1.54, 1.807) is 23.9 Å². The van der Waals surface area contributed by atoms with Gasteiger partial charge in [0.25, 0.3) is 0 Å². The first-order chi connectivity index (χ1) is 13.0. The van der Waals surface area contributed by atoms with Crippen LogP contribution in [0.1, 0.15) is 11.4 Å². The van der Waals surface area contributed by atoms with Crippen molar-refractivity contribution in [2.75, 3.05) is 45.2 Å². The number of benzene rings is 1. The van der Waals surface area contributed by atoms with Crippen LogP contribution < -0.4 is 10.2 Å². The summed E-state index contributed by atoms with van der Waals surface area (Å²) in [6.45, 7) is 5.02. The molecule has 3 aliphatic heterocycles. The molecule has 0 saturated carbocycles. The highest BCUT2D eigenvalue weighted by Crippen LogP contribution is 2.39. The minimum atomic E-state index is -0.0534. The Morgan fingerprint density at radius 2 is 2.00 bits per heavy atom. The Morgan fingerprint density at radius 1 is 1.22 bits per heavy atom. The maximum absolute atomic E-state index is 12.6. The summed E-state index contributed by atoms with van der Waals surface area (Å²) in [6, 6.07) is 5.75. The fraction of sp³-hybridized carbons (Fsp3) is 0.500. The Balaban J connectivity index is 1.56. The Morgan fingerprint density at radius 3 is 2.67 bits per heavy atom. The third-order valence-electron chi connectivity index (χ3n) is 5.68. The number of aromatic nitrogens is 3. The molecule has 2 saturated heterocycles. The first-order valence-corrected chi connectivity index (χ1v) is 9.49. The summed E-state index contributed by atoms with van der Waals surface area (Å²) in [4.78, 5) is 18.3. The highest BCUT2D eigenvalue weighted by molar-refractivity contribution is 6.30. The van der Waals surface area contributed by atoms with Crippen molar-refractivity contribution in [3.8, 4) is 5.69 Å². The molecule has 1 spiro atoms. The summed E-state index contributed by atoms with van der Waals surface area (Å²) >= 11 is 6.25. The van der Waals surface area contributed by atoms with Crippen LogP contribution in [0.5, 0.6) is 0 Å². The standard InChI is InChI=1S/C18H22ClN7O/c1-23(2)17(27)24-6-12-5-13(19)3-4-14(12)26-15(7-24)21-22-16(26)25-10-18(11-25)8-20-9-18/h3-5,20H,6-11H2,1-2H3. The lowest BCUT2D eigenvalue weighted by atomic mass is 9.75. The van der Waals surface area contributed by atoms with Gasteiger partial charge in [-0.1, -0.05) is 11.6 Å². The highest BCUT2D eigenvalue weighted by atomic mass is 35.5. The summed E-state index contributed by atoms with van der Waals surface area (Å²) in [5.74, 6) is 1.62. The van der Waals surface area contributed by atoms with Gasteiger partial charge in [0.15, 0.2) is 5.82 Å². The maximum Gasteiger partial charge on any atom is 0.320 e. The van der Waals surface area contributed by atoms with Crippen LogP contribution in [-0.2, 0) is 13.1 Å². The van der Waals surface area contributed by atoms with Crippen LogP contribution in [0.3, 0.4) is 0 Å². The van der Waals surface area contributed by atoms with Gasteiger partial charge < -0.3 is 20.0 Å². The van der Waals surface area contributed by atoms with Crippen LogP contribution in [0, 0.1) is 5.41 Å². The third-order valence-corrected chi connectivity index (χ3v) is 5.91.